The fourth-order valence-electron chi connectivity index (χ4n) is 2.31. The second kappa shape index (κ2) is 7.49. The Morgan fingerprint density at radius 2 is 1.95 bits per heavy atom. The van der Waals surface area contributed by atoms with Gasteiger partial charge in [0.15, 0.2) is 6.10 Å². The maximum absolute atomic E-state index is 12.9. The largest absolute Gasteiger partial charge is 0.469 e. The number of methoxy groups -OCH3 is 2. The molecule has 0 fully saturated rings. The van der Waals surface area contributed by atoms with Crippen molar-refractivity contribution in [1.82, 2.24) is 0 Å². The molecule has 0 aliphatic rings. The van der Waals surface area contributed by atoms with Gasteiger partial charge in [-0.1, -0.05) is 19.1 Å². The van der Waals surface area contributed by atoms with Crippen LogP contribution in [0.25, 0.3) is 0 Å². The van der Waals surface area contributed by atoms with Gasteiger partial charge in [0.2, 0.25) is 0 Å². The molecule has 0 spiro atoms. The average Bonchev–Trinajstić information content (AvgIpc) is 2.45. The van der Waals surface area contributed by atoms with Gasteiger partial charge in [-0.25, -0.2) is 0 Å². The lowest BCUT2D eigenvalue weighted by molar-refractivity contribution is -0.215. The molecule has 2 atom stereocenters. The molecule has 1 rings (SSSR count). The number of nitrogens with two attached hydrogens (primary N) is 1. The molecule has 22 heavy (non-hydrogen) atoms. The van der Waals surface area contributed by atoms with Crippen molar-refractivity contribution in [2.24, 2.45) is 0 Å². The third-order valence-electron chi connectivity index (χ3n) is 3.53. The smallest absolute Gasteiger partial charge is 0.418 e. The number of halogens is 3. The van der Waals surface area contributed by atoms with E-state index < -0.39 is 12.3 Å². The number of esters is 1. The molecule has 0 radical (unpaired) electrons. The van der Waals surface area contributed by atoms with E-state index in [0.29, 0.717) is 12.0 Å². The Morgan fingerprint density at radius 3 is 2.36 bits per heavy atom. The summed E-state index contributed by atoms with van der Waals surface area (Å²) in [6, 6.07) is 4.30. The molecule has 0 heterocycles. The quantitative estimate of drug-likeness (QED) is 0.643. The van der Waals surface area contributed by atoms with Crippen molar-refractivity contribution >= 4 is 11.7 Å². The van der Waals surface area contributed by atoms with E-state index in [9.17, 15) is 18.0 Å². The summed E-state index contributed by atoms with van der Waals surface area (Å²) in [5, 5.41) is 0. The minimum atomic E-state index is -4.54. The van der Waals surface area contributed by atoms with Crippen LogP contribution in [-0.4, -0.2) is 26.4 Å². The summed E-state index contributed by atoms with van der Waals surface area (Å²) in [5.41, 5.74) is 6.31. The van der Waals surface area contributed by atoms with E-state index >= 15 is 0 Å². The molecule has 0 aliphatic carbocycles. The fraction of sp³-hybridized carbons (Fsp3) is 0.533. The lowest BCUT2D eigenvalue weighted by Gasteiger charge is -2.22. The first-order valence-corrected chi connectivity index (χ1v) is 6.80. The van der Waals surface area contributed by atoms with Crippen LogP contribution in [0.15, 0.2) is 18.2 Å². The minimum absolute atomic E-state index is 0.00927. The number of benzene rings is 1. The number of nitrogen functional groups attached to an aromatic ring is 1. The molecule has 0 amide bonds. The molecule has 4 nitrogen and oxygen atoms in total. The van der Waals surface area contributed by atoms with E-state index in [1.807, 2.05) is 6.92 Å². The number of anilines is 1. The number of alkyl halides is 3. The van der Waals surface area contributed by atoms with Gasteiger partial charge in [0.25, 0.3) is 0 Å². The topological polar surface area (TPSA) is 61.5 Å². The maximum atomic E-state index is 12.9. The molecule has 2 N–H and O–H groups in total. The molecular weight excluding hydrogens is 299 g/mol. The zero-order valence-corrected chi connectivity index (χ0v) is 12.7. The van der Waals surface area contributed by atoms with E-state index in [1.165, 1.54) is 19.2 Å². The lowest BCUT2D eigenvalue weighted by Crippen LogP contribution is -2.23. The summed E-state index contributed by atoms with van der Waals surface area (Å²) in [6.07, 6.45) is -5.82. The predicted molar refractivity (Wildman–Crippen MR) is 76.3 cm³/mol. The first kappa shape index (κ1) is 18.3. The molecule has 124 valence electrons. The lowest BCUT2D eigenvalue weighted by atomic mass is 9.91. The van der Waals surface area contributed by atoms with Gasteiger partial charge in [0.1, 0.15) is 0 Å². The van der Waals surface area contributed by atoms with Crippen molar-refractivity contribution < 1.29 is 27.4 Å². The summed E-state index contributed by atoms with van der Waals surface area (Å²) in [6.45, 7) is 1.88. The van der Waals surface area contributed by atoms with Gasteiger partial charge < -0.3 is 15.2 Å². The van der Waals surface area contributed by atoms with Crippen LogP contribution in [0.2, 0.25) is 0 Å². The second-order valence-corrected chi connectivity index (χ2v) is 4.93. The molecule has 2 unspecified atom stereocenters. The van der Waals surface area contributed by atoms with E-state index in [2.05, 4.69) is 9.47 Å². The van der Waals surface area contributed by atoms with Crippen LogP contribution in [0, 0.1) is 0 Å². The molecule has 7 heteroatoms. The summed E-state index contributed by atoms with van der Waals surface area (Å²) in [4.78, 5) is 11.4. The van der Waals surface area contributed by atoms with Gasteiger partial charge in [0, 0.05) is 18.4 Å². The summed E-state index contributed by atoms with van der Waals surface area (Å²) in [7, 11) is 2.27. The van der Waals surface area contributed by atoms with Gasteiger partial charge in [0.05, 0.1) is 13.5 Å². The van der Waals surface area contributed by atoms with E-state index in [-0.39, 0.29) is 29.6 Å². The second-order valence-electron chi connectivity index (χ2n) is 4.93. The first-order chi connectivity index (χ1) is 10.2. The van der Waals surface area contributed by atoms with Crippen molar-refractivity contribution in [2.45, 2.75) is 38.0 Å². The molecule has 0 saturated carbocycles. The zero-order chi connectivity index (χ0) is 16.9. The van der Waals surface area contributed by atoms with Crippen molar-refractivity contribution in [3.05, 3.63) is 29.3 Å². The van der Waals surface area contributed by atoms with Gasteiger partial charge in [-0.3, -0.25) is 4.79 Å². The number of ether oxygens (including phenoxy) is 2. The number of carbonyl (C=O) groups excluding carboxylic acids is 1. The van der Waals surface area contributed by atoms with Crippen molar-refractivity contribution in [2.75, 3.05) is 20.0 Å². The van der Waals surface area contributed by atoms with Crippen LogP contribution in [0.4, 0.5) is 18.9 Å². The van der Waals surface area contributed by atoms with Crippen LogP contribution in [0.3, 0.4) is 0 Å². The van der Waals surface area contributed by atoms with Gasteiger partial charge in [-0.2, -0.15) is 13.2 Å². The highest BCUT2D eigenvalue weighted by atomic mass is 19.4. The van der Waals surface area contributed by atoms with Crippen LogP contribution < -0.4 is 5.73 Å². The average molecular weight is 319 g/mol. The van der Waals surface area contributed by atoms with Crippen LogP contribution in [-0.2, 0) is 14.3 Å². The standard InChI is InChI=1S/C15H20F3NO3/c1-4-9(8-13(20)21-2)10-5-6-11(12(19)7-10)14(22-3)15(16,17)18/h5-7,9,14H,4,8,19H2,1-3H3. The van der Waals surface area contributed by atoms with E-state index in [0.717, 1.165) is 7.11 Å². The third kappa shape index (κ3) is 4.37. The Labute approximate surface area is 127 Å². The highest BCUT2D eigenvalue weighted by molar-refractivity contribution is 5.70. The summed E-state index contributed by atoms with van der Waals surface area (Å²) in [5.74, 6) is -0.532. The summed E-state index contributed by atoms with van der Waals surface area (Å²) < 4.78 is 47.8. The zero-order valence-electron chi connectivity index (χ0n) is 12.7. The molecule has 0 saturated heterocycles. The van der Waals surface area contributed by atoms with E-state index in [1.54, 1.807) is 6.07 Å². The monoisotopic (exact) mass is 319 g/mol. The number of hydrogen-bond donors (Lipinski definition) is 1. The number of rotatable bonds is 6. The first-order valence-electron chi connectivity index (χ1n) is 6.80. The Bertz CT molecular complexity index is 517. The predicted octanol–water partition coefficient (Wildman–Crippen LogP) is 3.58. The molecular formula is C15H20F3NO3. The Balaban J connectivity index is 3.09. The molecule has 0 aromatic heterocycles. The molecule has 0 aliphatic heterocycles. The number of carbonyl (C=O) groups is 1. The van der Waals surface area contributed by atoms with E-state index in [4.69, 9.17) is 5.73 Å². The highest BCUT2D eigenvalue weighted by Gasteiger charge is 2.42. The SMILES string of the molecule is CCC(CC(=O)OC)c1ccc(C(OC)C(F)(F)F)c(N)c1. The van der Waals surface area contributed by atoms with Crippen LogP contribution in [0.1, 0.15) is 42.9 Å². The summed E-state index contributed by atoms with van der Waals surface area (Å²) >= 11 is 0. The van der Waals surface area contributed by atoms with Crippen molar-refractivity contribution in [1.29, 1.82) is 0 Å². The fourth-order valence-corrected chi connectivity index (χ4v) is 2.31. The van der Waals surface area contributed by atoms with Crippen LogP contribution in [0.5, 0.6) is 0 Å². The van der Waals surface area contributed by atoms with Gasteiger partial charge >= 0.3 is 12.1 Å². The Kier molecular flexibility index (Phi) is 6.22. The molecule has 0 bridgehead atoms. The highest BCUT2D eigenvalue weighted by Crippen LogP contribution is 2.39. The molecule has 1 aromatic carbocycles. The van der Waals surface area contributed by atoms with Crippen molar-refractivity contribution in [3.8, 4) is 0 Å². The van der Waals surface area contributed by atoms with Gasteiger partial charge in [-0.05, 0) is 24.0 Å². The minimum Gasteiger partial charge on any atom is -0.469 e. The van der Waals surface area contributed by atoms with Crippen molar-refractivity contribution in [3.63, 3.8) is 0 Å². The third-order valence-corrected chi connectivity index (χ3v) is 3.53. The Hall–Kier alpha value is -1.76. The Morgan fingerprint density at radius 1 is 1.32 bits per heavy atom. The van der Waals surface area contributed by atoms with Crippen LogP contribution >= 0.6 is 0 Å². The van der Waals surface area contributed by atoms with Gasteiger partial charge in [-0.15, -0.1) is 0 Å². The number of hydrogen-bond acceptors (Lipinski definition) is 4. The normalized spacial score (nSPS) is 14.5. The molecule has 1 aromatic rings. The maximum Gasteiger partial charge on any atom is 0.418 e.